The SMILES string of the molecule is COC(=O)[C@H](Cc1cnc[nH]1)NS(N)(=O)=O. The molecule has 1 rings (SSSR count). The summed E-state index contributed by atoms with van der Waals surface area (Å²) in [7, 11) is -2.81. The lowest BCUT2D eigenvalue weighted by atomic mass is 10.2. The van der Waals surface area contributed by atoms with Crippen molar-refractivity contribution in [2.24, 2.45) is 5.14 Å². The van der Waals surface area contributed by atoms with E-state index in [9.17, 15) is 13.2 Å². The fourth-order valence-corrected chi connectivity index (χ4v) is 1.71. The van der Waals surface area contributed by atoms with Gasteiger partial charge >= 0.3 is 5.97 Å². The third-order valence-electron chi connectivity index (χ3n) is 1.77. The number of imidazole rings is 1. The average Bonchev–Trinajstić information content (AvgIpc) is 2.66. The van der Waals surface area contributed by atoms with Crippen molar-refractivity contribution >= 4 is 16.2 Å². The molecule has 1 atom stereocenters. The van der Waals surface area contributed by atoms with Crippen LogP contribution >= 0.6 is 0 Å². The largest absolute Gasteiger partial charge is 0.468 e. The fraction of sp³-hybridized carbons (Fsp3) is 0.429. The Morgan fingerprint density at radius 2 is 2.44 bits per heavy atom. The molecular weight excluding hydrogens is 236 g/mol. The zero-order chi connectivity index (χ0) is 12.2. The van der Waals surface area contributed by atoms with Crippen molar-refractivity contribution in [1.29, 1.82) is 0 Å². The summed E-state index contributed by atoms with van der Waals surface area (Å²) in [5.41, 5.74) is 0.589. The standard InChI is InChI=1S/C7H12N4O4S/c1-15-7(12)6(11-16(8,13)14)2-5-3-9-4-10-5/h3-4,6,11H,2H2,1H3,(H,9,10)(H2,8,13,14)/t6-/m0/s1. The van der Waals surface area contributed by atoms with E-state index < -0.39 is 22.2 Å². The normalized spacial score (nSPS) is 13.4. The first-order valence-electron chi connectivity index (χ1n) is 4.27. The molecule has 0 aliphatic carbocycles. The van der Waals surface area contributed by atoms with E-state index in [1.54, 1.807) is 0 Å². The lowest BCUT2D eigenvalue weighted by molar-refractivity contribution is -0.142. The third kappa shape index (κ3) is 3.96. The quantitative estimate of drug-likeness (QED) is 0.534. The van der Waals surface area contributed by atoms with Gasteiger partial charge in [0.05, 0.1) is 13.4 Å². The summed E-state index contributed by atoms with van der Waals surface area (Å²) in [5.74, 6) is -0.719. The maximum absolute atomic E-state index is 11.3. The molecule has 0 amide bonds. The van der Waals surface area contributed by atoms with Crippen LogP contribution in [0, 0.1) is 0 Å². The molecule has 1 aromatic rings. The van der Waals surface area contributed by atoms with Crippen LogP contribution in [0.15, 0.2) is 12.5 Å². The van der Waals surface area contributed by atoms with E-state index in [1.165, 1.54) is 12.5 Å². The zero-order valence-corrected chi connectivity index (χ0v) is 9.32. The van der Waals surface area contributed by atoms with Crippen LogP contribution in [0.4, 0.5) is 0 Å². The van der Waals surface area contributed by atoms with Crippen LogP contribution in [0.25, 0.3) is 0 Å². The van der Waals surface area contributed by atoms with E-state index in [0.29, 0.717) is 5.69 Å². The minimum absolute atomic E-state index is 0.0864. The van der Waals surface area contributed by atoms with E-state index >= 15 is 0 Å². The molecule has 9 heteroatoms. The lowest BCUT2D eigenvalue weighted by Crippen LogP contribution is -2.45. The zero-order valence-electron chi connectivity index (χ0n) is 8.50. The topological polar surface area (TPSA) is 127 Å². The molecule has 0 aliphatic rings. The first-order valence-corrected chi connectivity index (χ1v) is 5.82. The predicted octanol–water partition coefficient (Wildman–Crippen LogP) is -1.71. The summed E-state index contributed by atoms with van der Waals surface area (Å²) in [6.07, 6.45) is 2.98. The molecule has 0 bridgehead atoms. The molecule has 0 spiro atoms. The smallest absolute Gasteiger partial charge is 0.324 e. The number of nitrogens with one attached hydrogen (secondary N) is 2. The Labute approximate surface area is 92.4 Å². The number of rotatable bonds is 5. The maximum atomic E-state index is 11.3. The van der Waals surface area contributed by atoms with Gasteiger partial charge in [-0.15, -0.1) is 0 Å². The molecular formula is C7H12N4O4S. The molecule has 0 unspecified atom stereocenters. The number of hydrogen-bond donors (Lipinski definition) is 3. The van der Waals surface area contributed by atoms with E-state index in [2.05, 4.69) is 14.7 Å². The summed E-state index contributed by atoms with van der Waals surface area (Å²) in [6.45, 7) is 0. The molecule has 0 aliphatic heterocycles. The summed E-state index contributed by atoms with van der Waals surface area (Å²) in [6, 6.07) is -1.07. The number of carbonyl (C=O) groups is 1. The summed E-state index contributed by atoms with van der Waals surface area (Å²) in [4.78, 5) is 17.8. The van der Waals surface area contributed by atoms with Crippen LogP contribution in [0.5, 0.6) is 0 Å². The van der Waals surface area contributed by atoms with Crippen LogP contribution in [-0.2, 0) is 26.2 Å². The molecule has 4 N–H and O–H groups in total. The number of hydrogen-bond acceptors (Lipinski definition) is 5. The molecule has 1 aromatic heterocycles. The van der Waals surface area contributed by atoms with E-state index in [1.807, 2.05) is 4.72 Å². The fourth-order valence-electron chi connectivity index (χ4n) is 1.13. The first kappa shape index (κ1) is 12.6. The van der Waals surface area contributed by atoms with Gasteiger partial charge in [-0.1, -0.05) is 0 Å². The van der Waals surface area contributed by atoms with Crippen molar-refractivity contribution in [2.45, 2.75) is 12.5 Å². The number of H-pyrrole nitrogens is 1. The van der Waals surface area contributed by atoms with E-state index in [4.69, 9.17) is 5.14 Å². The maximum Gasteiger partial charge on any atom is 0.324 e. The van der Waals surface area contributed by atoms with Gasteiger partial charge in [0.15, 0.2) is 0 Å². The van der Waals surface area contributed by atoms with Gasteiger partial charge < -0.3 is 9.72 Å². The van der Waals surface area contributed by atoms with E-state index in [-0.39, 0.29) is 6.42 Å². The molecule has 0 aromatic carbocycles. The van der Waals surface area contributed by atoms with Crippen molar-refractivity contribution in [2.75, 3.05) is 7.11 Å². The van der Waals surface area contributed by atoms with Gasteiger partial charge in [-0.05, 0) is 0 Å². The third-order valence-corrected chi connectivity index (χ3v) is 2.38. The molecule has 0 saturated carbocycles. The van der Waals surface area contributed by atoms with Crippen molar-refractivity contribution in [3.05, 3.63) is 18.2 Å². The van der Waals surface area contributed by atoms with Crippen molar-refractivity contribution < 1.29 is 17.9 Å². The molecule has 16 heavy (non-hydrogen) atoms. The number of ether oxygens (including phenoxy) is 1. The minimum Gasteiger partial charge on any atom is -0.468 e. The Balaban J connectivity index is 2.76. The van der Waals surface area contributed by atoms with Gasteiger partial charge in [0.1, 0.15) is 6.04 Å². The molecule has 90 valence electrons. The van der Waals surface area contributed by atoms with E-state index in [0.717, 1.165) is 7.11 Å². The highest BCUT2D eigenvalue weighted by atomic mass is 32.2. The Morgan fingerprint density at radius 3 is 2.88 bits per heavy atom. The summed E-state index contributed by atoms with van der Waals surface area (Å²) < 4.78 is 28.1. The first-order chi connectivity index (χ1) is 7.42. The number of esters is 1. The van der Waals surface area contributed by atoms with Crippen molar-refractivity contribution in [3.63, 3.8) is 0 Å². The van der Waals surface area contributed by atoms with Crippen LogP contribution in [-0.4, -0.2) is 37.5 Å². The highest BCUT2D eigenvalue weighted by molar-refractivity contribution is 7.87. The number of carbonyl (C=O) groups excluding carboxylic acids is 1. The van der Waals surface area contributed by atoms with Gasteiger partial charge in [0, 0.05) is 18.3 Å². The lowest BCUT2D eigenvalue weighted by Gasteiger charge is -2.13. The second-order valence-corrected chi connectivity index (χ2v) is 4.35. The van der Waals surface area contributed by atoms with Gasteiger partial charge in [0.25, 0.3) is 10.2 Å². The minimum atomic E-state index is -3.97. The Hall–Kier alpha value is -1.45. The number of aromatic nitrogens is 2. The van der Waals surface area contributed by atoms with Crippen LogP contribution < -0.4 is 9.86 Å². The number of nitrogens with zero attached hydrogens (tertiary/aromatic N) is 1. The van der Waals surface area contributed by atoms with Crippen molar-refractivity contribution in [3.8, 4) is 0 Å². The van der Waals surface area contributed by atoms with Gasteiger partial charge in [-0.2, -0.15) is 13.1 Å². The molecule has 0 saturated heterocycles. The van der Waals surface area contributed by atoms with Gasteiger partial charge in [-0.25, -0.2) is 10.1 Å². The molecule has 0 radical (unpaired) electrons. The summed E-state index contributed by atoms with van der Waals surface area (Å²) in [5, 5.41) is 4.79. The Morgan fingerprint density at radius 1 is 1.75 bits per heavy atom. The van der Waals surface area contributed by atoms with Crippen LogP contribution in [0.2, 0.25) is 0 Å². The highest BCUT2D eigenvalue weighted by Crippen LogP contribution is 2.00. The number of aromatic amines is 1. The summed E-state index contributed by atoms with van der Waals surface area (Å²) >= 11 is 0. The Kier molecular flexibility index (Phi) is 3.99. The average molecular weight is 248 g/mol. The van der Waals surface area contributed by atoms with Gasteiger partial charge in [0.2, 0.25) is 0 Å². The van der Waals surface area contributed by atoms with Crippen LogP contribution in [0.3, 0.4) is 0 Å². The highest BCUT2D eigenvalue weighted by Gasteiger charge is 2.23. The Bertz CT molecular complexity index is 441. The molecule has 1 heterocycles. The number of methoxy groups -OCH3 is 1. The van der Waals surface area contributed by atoms with Crippen molar-refractivity contribution in [1.82, 2.24) is 14.7 Å². The monoisotopic (exact) mass is 248 g/mol. The molecule has 0 fully saturated rings. The second-order valence-electron chi connectivity index (χ2n) is 3.02. The predicted molar refractivity (Wildman–Crippen MR) is 54.3 cm³/mol. The molecule has 8 nitrogen and oxygen atoms in total. The van der Waals surface area contributed by atoms with Gasteiger partial charge in [-0.3, -0.25) is 4.79 Å². The van der Waals surface area contributed by atoms with Crippen LogP contribution in [0.1, 0.15) is 5.69 Å². The number of nitrogens with two attached hydrogens (primary N) is 1. The second kappa shape index (κ2) is 5.05.